The minimum atomic E-state index is 0.0908. The van der Waals surface area contributed by atoms with Crippen LogP contribution < -0.4 is 0 Å². The van der Waals surface area contributed by atoms with E-state index in [0.717, 1.165) is 26.0 Å². The molecule has 0 unspecified atom stereocenters. The molecule has 2 fully saturated rings. The number of amides is 1. The minimum absolute atomic E-state index is 0.0908. The van der Waals surface area contributed by atoms with E-state index in [0.29, 0.717) is 12.1 Å². The van der Waals surface area contributed by atoms with Crippen molar-refractivity contribution in [2.75, 3.05) is 13.2 Å². The van der Waals surface area contributed by atoms with Gasteiger partial charge in [-0.3, -0.25) is 4.79 Å². The first-order valence-electron chi connectivity index (χ1n) is 7.74. The molecular formula is C16H27NO2. The van der Waals surface area contributed by atoms with Crippen molar-refractivity contribution in [2.24, 2.45) is 5.41 Å². The van der Waals surface area contributed by atoms with Crippen LogP contribution in [0, 0.1) is 5.41 Å². The van der Waals surface area contributed by atoms with Crippen LogP contribution in [0.15, 0.2) is 12.7 Å². The maximum Gasteiger partial charge on any atom is 0.246 e. The fourth-order valence-electron chi connectivity index (χ4n) is 4.07. The SMILES string of the molecule is C=CC(=O)N(CCC)[C@@H]1C[C@H](OCC)C12CCCC2. The highest BCUT2D eigenvalue weighted by molar-refractivity contribution is 5.87. The van der Waals surface area contributed by atoms with Gasteiger partial charge in [-0.15, -0.1) is 0 Å². The van der Waals surface area contributed by atoms with Gasteiger partial charge >= 0.3 is 0 Å². The molecule has 1 amide bonds. The molecule has 1 spiro atoms. The first-order valence-corrected chi connectivity index (χ1v) is 7.74. The van der Waals surface area contributed by atoms with Crippen molar-refractivity contribution < 1.29 is 9.53 Å². The molecule has 0 heterocycles. The highest BCUT2D eigenvalue weighted by Gasteiger charge is 2.59. The molecule has 2 atom stereocenters. The van der Waals surface area contributed by atoms with E-state index in [9.17, 15) is 4.79 Å². The zero-order valence-electron chi connectivity index (χ0n) is 12.4. The lowest BCUT2D eigenvalue weighted by atomic mass is 9.60. The molecule has 108 valence electrons. The van der Waals surface area contributed by atoms with E-state index >= 15 is 0 Å². The molecule has 2 aliphatic carbocycles. The van der Waals surface area contributed by atoms with Crippen molar-refractivity contribution >= 4 is 5.91 Å². The number of hydrogen-bond acceptors (Lipinski definition) is 2. The van der Waals surface area contributed by atoms with Crippen LogP contribution in [0.1, 0.15) is 52.4 Å². The maximum absolute atomic E-state index is 12.1. The monoisotopic (exact) mass is 265 g/mol. The van der Waals surface area contributed by atoms with Crippen molar-refractivity contribution in [3.8, 4) is 0 Å². The lowest BCUT2D eigenvalue weighted by molar-refractivity contribution is -0.173. The zero-order chi connectivity index (χ0) is 13.9. The van der Waals surface area contributed by atoms with Crippen molar-refractivity contribution in [1.29, 1.82) is 0 Å². The van der Waals surface area contributed by atoms with Gasteiger partial charge in [-0.05, 0) is 38.7 Å². The Labute approximate surface area is 117 Å². The van der Waals surface area contributed by atoms with Crippen molar-refractivity contribution in [3.05, 3.63) is 12.7 Å². The van der Waals surface area contributed by atoms with Gasteiger partial charge in [0.15, 0.2) is 0 Å². The number of carbonyl (C=O) groups is 1. The second kappa shape index (κ2) is 6.08. The Kier molecular flexibility index (Phi) is 4.67. The summed E-state index contributed by atoms with van der Waals surface area (Å²) < 4.78 is 5.92. The summed E-state index contributed by atoms with van der Waals surface area (Å²) in [5.41, 5.74) is 0.240. The second-order valence-corrected chi connectivity index (χ2v) is 5.87. The second-order valence-electron chi connectivity index (χ2n) is 5.87. The summed E-state index contributed by atoms with van der Waals surface area (Å²) in [6.07, 6.45) is 8.83. The quantitative estimate of drug-likeness (QED) is 0.690. The largest absolute Gasteiger partial charge is 0.378 e. The van der Waals surface area contributed by atoms with E-state index in [-0.39, 0.29) is 11.3 Å². The molecule has 2 rings (SSSR count). The topological polar surface area (TPSA) is 29.5 Å². The Morgan fingerprint density at radius 2 is 2.11 bits per heavy atom. The van der Waals surface area contributed by atoms with Crippen LogP contribution in [0.4, 0.5) is 0 Å². The molecular weight excluding hydrogens is 238 g/mol. The van der Waals surface area contributed by atoms with Crippen LogP contribution in [-0.4, -0.2) is 36.1 Å². The molecule has 0 radical (unpaired) electrons. The molecule has 0 aromatic carbocycles. The summed E-state index contributed by atoms with van der Waals surface area (Å²) in [5.74, 6) is 0.0908. The summed E-state index contributed by atoms with van der Waals surface area (Å²) in [5, 5.41) is 0. The Morgan fingerprint density at radius 3 is 2.63 bits per heavy atom. The van der Waals surface area contributed by atoms with E-state index in [2.05, 4.69) is 20.4 Å². The average molecular weight is 265 g/mol. The van der Waals surface area contributed by atoms with Crippen LogP contribution in [-0.2, 0) is 9.53 Å². The third-order valence-electron chi connectivity index (χ3n) is 4.94. The molecule has 0 saturated heterocycles. The smallest absolute Gasteiger partial charge is 0.246 e. The summed E-state index contributed by atoms with van der Waals surface area (Å²) in [6, 6.07) is 0.372. The highest BCUT2D eigenvalue weighted by Crippen LogP contribution is 2.56. The predicted molar refractivity (Wildman–Crippen MR) is 76.9 cm³/mol. The van der Waals surface area contributed by atoms with E-state index in [4.69, 9.17) is 4.74 Å². The van der Waals surface area contributed by atoms with Crippen LogP contribution >= 0.6 is 0 Å². The zero-order valence-corrected chi connectivity index (χ0v) is 12.4. The van der Waals surface area contributed by atoms with E-state index in [1.807, 2.05) is 4.90 Å². The van der Waals surface area contributed by atoms with Gasteiger partial charge in [0.1, 0.15) is 0 Å². The fraction of sp³-hybridized carbons (Fsp3) is 0.812. The van der Waals surface area contributed by atoms with E-state index in [1.165, 1.54) is 31.8 Å². The van der Waals surface area contributed by atoms with Crippen LogP contribution in [0.2, 0.25) is 0 Å². The Morgan fingerprint density at radius 1 is 1.42 bits per heavy atom. The molecule has 19 heavy (non-hydrogen) atoms. The molecule has 2 aliphatic rings. The number of nitrogens with zero attached hydrogens (tertiary/aromatic N) is 1. The van der Waals surface area contributed by atoms with E-state index in [1.54, 1.807) is 0 Å². The molecule has 0 bridgehead atoms. The van der Waals surface area contributed by atoms with Crippen molar-refractivity contribution in [2.45, 2.75) is 64.5 Å². The van der Waals surface area contributed by atoms with Gasteiger partial charge in [-0.1, -0.05) is 26.3 Å². The van der Waals surface area contributed by atoms with Gasteiger partial charge in [0, 0.05) is 24.6 Å². The molecule has 0 aromatic heterocycles. The number of ether oxygens (including phenoxy) is 1. The number of rotatable bonds is 6. The van der Waals surface area contributed by atoms with Crippen molar-refractivity contribution in [3.63, 3.8) is 0 Å². The van der Waals surface area contributed by atoms with Crippen LogP contribution in [0.3, 0.4) is 0 Å². The molecule has 0 aliphatic heterocycles. The van der Waals surface area contributed by atoms with Crippen molar-refractivity contribution in [1.82, 2.24) is 4.90 Å². The number of carbonyl (C=O) groups excluding carboxylic acids is 1. The third kappa shape index (κ3) is 2.45. The lowest BCUT2D eigenvalue weighted by Crippen LogP contribution is -2.64. The summed E-state index contributed by atoms with van der Waals surface area (Å²) in [6.45, 7) is 9.47. The van der Waals surface area contributed by atoms with Gasteiger partial charge in [-0.25, -0.2) is 0 Å². The lowest BCUT2D eigenvalue weighted by Gasteiger charge is -2.57. The van der Waals surface area contributed by atoms with Gasteiger partial charge in [0.2, 0.25) is 5.91 Å². The first kappa shape index (κ1) is 14.6. The average Bonchev–Trinajstić information content (AvgIpc) is 2.92. The Bertz CT molecular complexity index is 334. The minimum Gasteiger partial charge on any atom is -0.378 e. The Balaban J connectivity index is 2.14. The maximum atomic E-state index is 12.1. The van der Waals surface area contributed by atoms with Gasteiger partial charge < -0.3 is 9.64 Å². The predicted octanol–water partition coefficient (Wildman–Crippen LogP) is 3.15. The van der Waals surface area contributed by atoms with Gasteiger partial charge in [0.05, 0.1) is 6.10 Å². The fourth-order valence-corrected chi connectivity index (χ4v) is 4.07. The molecule has 0 aromatic rings. The summed E-state index contributed by atoms with van der Waals surface area (Å²) in [7, 11) is 0. The van der Waals surface area contributed by atoms with Crippen LogP contribution in [0.25, 0.3) is 0 Å². The molecule has 2 saturated carbocycles. The van der Waals surface area contributed by atoms with Crippen LogP contribution in [0.5, 0.6) is 0 Å². The third-order valence-corrected chi connectivity index (χ3v) is 4.94. The van der Waals surface area contributed by atoms with Gasteiger partial charge in [-0.2, -0.15) is 0 Å². The summed E-state index contributed by atoms with van der Waals surface area (Å²) >= 11 is 0. The van der Waals surface area contributed by atoms with E-state index < -0.39 is 0 Å². The Hall–Kier alpha value is -0.830. The molecule has 0 N–H and O–H groups in total. The standard InChI is InChI=1S/C16H27NO2/c1-4-11-17(15(18)5-2)13-12-14(19-6-3)16(13)9-7-8-10-16/h5,13-14H,2,4,6-12H2,1,3H3/t13-,14+/m1/s1. The molecule has 3 nitrogen and oxygen atoms in total. The first-order chi connectivity index (χ1) is 9.19. The highest BCUT2D eigenvalue weighted by atomic mass is 16.5. The molecule has 3 heteroatoms. The summed E-state index contributed by atoms with van der Waals surface area (Å²) in [4.78, 5) is 14.2. The van der Waals surface area contributed by atoms with Gasteiger partial charge in [0.25, 0.3) is 0 Å². The number of hydrogen-bond donors (Lipinski definition) is 0. The normalized spacial score (nSPS) is 28.1.